The number of methoxy groups -OCH3 is 2. The van der Waals surface area contributed by atoms with E-state index in [0.29, 0.717) is 37.7 Å². The van der Waals surface area contributed by atoms with Crippen molar-refractivity contribution < 1.29 is 45.8 Å². The average molecular weight is 698 g/mol. The number of amides is 1. The molecule has 2 saturated heterocycles. The highest BCUT2D eigenvalue weighted by Crippen LogP contribution is 2.38. The molecule has 0 unspecified atom stereocenters. The molecule has 2 aliphatic rings. The highest BCUT2D eigenvalue weighted by molar-refractivity contribution is 7.94. The largest absolute Gasteiger partial charge is 0.497 e. The van der Waals surface area contributed by atoms with Crippen molar-refractivity contribution in [2.24, 2.45) is 0 Å². The van der Waals surface area contributed by atoms with Gasteiger partial charge in [0.1, 0.15) is 11.5 Å². The summed E-state index contributed by atoms with van der Waals surface area (Å²) in [6, 6.07) is 12.1. The number of carbonyl (C=O) groups is 2. The molecule has 262 valence electrons. The Morgan fingerprint density at radius 1 is 0.702 bits per heavy atom. The molecule has 0 aromatic heterocycles. The van der Waals surface area contributed by atoms with Crippen LogP contribution in [0.1, 0.15) is 46.5 Å². The lowest BCUT2D eigenvalue weighted by Gasteiger charge is -2.39. The Morgan fingerprint density at radius 3 is 1.38 bits per heavy atom. The quantitative estimate of drug-likeness (QED) is 0.200. The van der Waals surface area contributed by atoms with Crippen LogP contribution in [0.25, 0.3) is 0 Å². The number of hydrogen-bond donors (Lipinski definition) is 2. The number of ether oxygens (including phenoxy) is 3. The first-order valence-electron chi connectivity index (χ1n) is 15.7. The van der Waals surface area contributed by atoms with Gasteiger partial charge in [0.2, 0.25) is 0 Å². The predicted molar refractivity (Wildman–Crippen MR) is 175 cm³/mol. The van der Waals surface area contributed by atoms with Crippen LogP contribution in [0.2, 0.25) is 0 Å². The minimum atomic E-state index is -3.95. The SMILES string of the molecule is CCN1CCC(C(=O)NO)(S(=O)(=O)c2ccc(OC)cc2)CC1.CCOC(=O)C1(S(=O)(=O)c2ccc(OC)cc2)CCN(CC)CC1. The second-order valence-electron chi connectivity index (χ2n) is 11.4. The van der Waals surface area contributed by atoms with Gasteiger partial charge in [-0.3, -0.25) is 14.8 Å². The smallest absolute Gasteiger partial charge is 0.327 e. The lowest BCUT2D eigenvalue weighted by atomic mass is 9.95. The molecule has 2 aromatic carbocycles. The van der Waals surface area contributed by atoms with Gasteiger partial charge < -0.3 is 24.0 Å². The molecule has 0 radical (unpaired) electrons. The summed E-state index contributed by atoms with van der Waals surface area (Å²) in [5, 5.41) is 9.07. The first kappa shape index (κ1) is 38.2. The van der Waals surface area contributed by atoms with E-state index in [0.717, 1.165) is 13.1 Å². The zero-order valence-electron chi connectivity index (χ0n) is 27.7. The lowest BCUT2D eigenvalue weighted by Crippen LogP contribution is -2.57. The zero-order chi connectivity index (χ0) is 34.9. The third kappa shape index (κ3) is 7.75. The van der Waals surface area contributed by atoms with Crippen molar-refractivity contribution in [1.29, 1.82) is 0 Å². The summed E-state index contributed by atoms with van der Waals surface area (Å²) in [6.07, 6.45) is 0.769. The van der Waals surface area contributed by atoms with Crippen LogP contribution in [0.15, 0.2) is 58.3 Å². The van der Waals surface area contributed by atoms with Crippen LogP contribution in [0.4, 0.5) is 0 Å². The Labute approximate surface area is 278 Å². The zero-order valence-corrected chi connectivity index (χ0v) is 29.4. The molecule has 4 rings (SSSR count). The summed E-state index contributed by atoms with van der Waals surface area (Å²) in [5.74, 6) is -0.411. The van der Waals surface area contributed by atoms with Crippen molar-refractivity contribution in [1.82, 2.24) is 15.3 Å². The first-order valence-corrected chi connectivity index (χ1v) is 18.6. The van der Waals surface area contributed by atoms with Crippen molar-refractivity contribution >= 4 is 31.6 Å². The van der Waals surface area contributed by atoms with Gasteiger partial charge in [-0.1, -0.05) is 13.8 Å². The fourth-order valence-electron chi connectivity index (χ4n) is 5.99. The lowest BCUT2D eigenvalue weighted by molar-refractivity contribution is -0.147. The van der Waals surface area contributed by atoms with Crippen molar-refractivity contribution in [2.45, 2.75) is 65.7 Å². The molecule has 0 aliphatic carbocycles. The second kappa shape index (κ2) is 16.2. The fourth-order valence-corrected chi connectivity index (χ4v) is 9.89. The normalized spacial score (nSPS) is 18.3. The topological polar surface area (TPSA) is 169 Å². The maximum atomic E-state index is 13.3. The summed E-state index contributed by atoms with van der Waals surface area (Å²) in [4.78, 5) is 29.2. The van der Waals surface area contributed by atoms with E-state index >= 15 is 0 Å². The molecular formula is C32H47N3O10S2. The predicted octanol–water partition coefficient (Wildman–Crippen LogP) is 2.72. The molecule has 2 aromatic rings. The van der Waals surface area contributed by atoms with E-state index in [4.69, 9.17) is 19.4 Å². The highest BCUT2D eigenvalue weighted by atomic mass is 32.2. The number of esters is 1. The number of sulfone groups is 2. The number of carbonyl (C=O) groups excluding carboxylic acids is 2. The number of nitrogens with zero attached hydrogens (tertiary/aromatic N) is 2. The average Bonchev–Trinajstić information content (AvgIpc) is 3.11. The molecule has 0 saturated carbocycles. The second-order valence-corrected chi connectivity index (χ2v) is 15.9. The van der Waals surface area contributed by atoms with Gasteiger partial charge >= 0.3 is 5.97 Å². The summed E-state index contributed by atoms with van der Waals surface area (Å²) in [7, 11) is -4.80. The fraction of sp³-hybridized carbons (Fsp3) is 0.562. The van der Waals surface area contributed by atoms with Gasteiger partial charge in [0.15, 0.2) is 29.2 Å². The summed E-state index contributed by atoms with van der Waals surface area (Å²) in [5.41, 5.74) is 1.55. The molecule has 2 aliphatic heterocycles. The van der Waals surface area contributed by atoms with Crippen molar-refractivity contribution in [3.05, 3.63) is 48.5 Å². The minimum Gasteiger partial charge on any atom is -0.497 e. The number of rotatable bonds is 11. The summed E-state index contributed by atoms with van der Waals surface area (Å²) in [6.45, 7) is 9.57. The Kier molecular flexibility index (Phi) is 13.2. The van der Waals surface area contributed by atoms with Gasteiger partial charge in [0.05, 0.1) is 30.6 Å². The van der Waals surface area contributed by atoms with Crippen LogP contribution in [0, 0.1) is 0 Å². The van der Waals surface area contributed by atoms with Gasteiger partial charge in [-0.15, -0.1) is 0 Å². The molecule has 2 fully saturated rings. The summed E-state index contributed by atoms with van der Waals surface area (Å²) >= 11 is 0. The van der Waals surface area contributed by atoms with Gasteiger partial charge in [0, 0.05) is 26.2 Å². The van der Waals surface area contributed by atoms with E-state index in [1.807, 2.05) is 13.8 Å². The van der Waals surface area contributed by atoms with Gasteiger partial charge in [0.25, 0.3) is 5.91 Å². The molecule has 2 heterocycles. The Bertz CT molecular complexity index is 1550. The first-order chi connectivity index (χ1) is 22.3. The number of hydroxylamine groups is 1. The Morgan fingerprint density at radius 2 is 1.06 bits per heavy atom. The highest BCUT2D eigenvalue weighted by Gasteiger charge is 2.54. The molecule has 15 heteroatoms. The molecule has 0 atom stereocenters. The van der Waals surface area contributed by atoms with E-state index in [9.17, 15) is 26.4 Å². The standard InChI is InChI=1S/C17H25NO5S.C15H22N2O5S/c1-4-18-12-10-17(11-13-18,16(19)23-5-2)24(20,21)15-8-6-14(22-3)7-9-15;1-3-17-10-8-15(9-11-17,14(18)16-19)23(20,21)13-6-4-12(22-2)5-7-13/h6-9H,4-5,10-13H2,1-3H3;4-7,19H,3,8-11H2,1-2H3,(H,16,18). The van der Waals surface area contributed by atoms with Crippen molar-refractivity contribution in [3.63, 3.8) is 0 Å². The van der Waals surface area contributed by atoms with Gasteiger partial charge in [-0.05, 0) is 94.2 Å². The number of hydrogen-bond acceptors (Lipinski definition) is 12. The van der Waals surface area contributed by atoms with Crippen LogP contribution < -0.4 is 15.0 Å². The van der Waals surface area contributed by atoms with Crippen LogP contribution in [-0.4, -0.2) is 113 Å². The van der Waals surface area contributed by atoms with Crippen molar-refractivity contribution in [2.75, 3.05) is 60.1 Å². The maximum absolute atomic E-state index is 13.3. The molecule has 0 spiro atoms. The third-order valence-corrected chi connectivity index (χ3v) is 14.2. The van der Waals surface area contributed by atoms with Crippen molar-refractivity contribution in [3.8, 4) is 11.5 Å². The van der Waals surface area contributed by atoms with E-state index < -0.39 is 41.0 Å². The van der Waals surface area contributed by atoms with Crippen LogP contribution in [0.5, 0.6) is 11.5 Å². The van der Waals surface area contributed by atoms with E-state index in [2.05, 4.69) is 9.80 Å². The number of nitrogens with one attached hydrogen (secondary N) is 1. The van der Waals surface area contributed by atoms with E-state index in [1.165, 1.54) is 38.5 Å². The summed E-state index contributed by atoms with van der Waals surface area (Å²) < 4.78 is 64.8. The Balaban J connectivity index is 0.000000256. The third-order valence-electron chi connectivity index (χ3n) is 9.15. The Hall–Kier alpha value is -3.24. The molecule has 47 heavy (non-hydrogen) atoms. The van der Waals surface area contributed by atoms with Crippen LogP contribution in [-0.2, 0) is 34.0 Å². The molecule has 1 amide bonds. The maximum Gasteiger partial charge on any atom is 0.327 e. The van der Waals surface area contributed by atoms with E-state index in [-0.39, 0.29) is 42.1 Å². The number of piperidine rings is 2. The van der Waals surface area contributed by atoms with Gasteiger partial charge in [-0.25, -0.2) is 22.3 Å². The molecule has 13 nitrogen and oxygen atoms in total. The molecule has 0 bridgehead atoms. The minimum absolute atomic E-state index is 0.0480. The number of benzene rings is 2. The monoisotopic (exact) mass is 697 g/mol. The molecular weight excluding hydrogens is 650 g/mol. The van der Waals surface area contributed by atoms with Crippen LogP contribution >= 0.6 is 0 Å². The van der Waals surface area contributed by atoms with Gasteiger partial charge in [-0.2, -0.15) is 0 Å². The van der Waals surface area contributed by atoms with Crippen LogP contribution in [0.3, 0.4) is 0 Å². The molecule has 2 N–H and O–H groups in total. The van der Waals surface area contributed by atoms with E-state index in [1.54, 1.807) is 36.7 Å². The number of likely N-dealkylation sites (tertiary alicyclic amines) is 2.